The molecule has 2 aromatic rings. The van der Waals surface area contributed by atoms with Gasteiger partial charge in [0.15, 0.2) is 5.82 Å². The SMILES string of the molecule is CC(C1CCC1)n1nnnc1-c1ccc(Br)c(N)c1. The molecule has 0 aliphatic heterocycles. The van der Waals surface area contributed by atoms with Crippen LogP contribution in [-0.2, 0) is 0 Å². The van der Waals surface area contributed by atoms with Crippen molar-refractivity contribution in [2.45, 2.75) is 32.2 Å². The summed E-state index contributed by atoms with van der Waals surface area (Å²) in [6.07, 6.45) is 3.85. The van der Waals surface area contributed by atoms with Crippen LogP contribution in [0.4, 0.5) is 5.69 Å². The number of tetrazole rings is 1. The summed E-state index contributed by atoms with van der Waals surface area (Å²) in [7, 11) is 0. The van der Waals surface area contributed by atoms with E-state index in [4.69, 9.17) is 5.73 Å². The van der Waals surface area contributed by atoms with Gasteiger partial charge in [-0.15, -0.1) is 5.10 Å². The molecule has 0 bridgehead atoms. The third-order valence-electron chi connectivity index (χ3n) is 3.96. The van der Waals surface area contributed by atoms with Crippen LogP contribution >= 0.6 is 15.9 Å². The maximum atomic E-state index is 5.93. The van der Waals surface area contributed by atoms with E-state index in [1.165, 1.54) is 19.3 Å². The van der Waals surface area contributed by atoms with Crippen LogP contribution in [0, 0.1) is 5.92 Å². The second-order valence-corrected chi connectivity index (χ2v) is 5.97. The van der Waals surface area contributed by atoms with Gasteiger partial charge in [0, 0.05) is 15.7 Å². The van der Waals surface area contributed by atoms with E-state index in [-0.39, 0.29) is 0 Å². The minimum atomic E-state index is 0.337. The van der Waals surface area contributed by atoms with Crippen LogP contribution in [0.3, 0.4) is 0 Å². The van der Waals surface area contributed by atoms with Gasteiger partial charge in [0.05, 0.1) is 6.04 Å². The quantitative estimate of drug-likeness (QED) is 0.882. The third-order valence-corrected chi connectivity index (χ3v) is 4.69. The van der Waals surface area contributed by atoms with Crippen molar-refractivity contribution < 1.29 is 0 Å². The lowest BCUT2D eigenvalue weighted by molar-refractivity contribution is 0.210. The molecule has 1 aliphatic carbocycles. The summed E-state index contributed by atoms with van der Waals surface area (Å²) in [5, 5.41) is 12.1. The van der Waals surface area contributed by atoms with Crippen molar-refractivity contribution >= 4 is 21.6 Å². The molecule has 0 saturated heterocycles. The van der Waals surface area contributed by atoms with Crippen LogP contribution < -0.4 is 5.73 Å². The molecule has 6 heteroatoms. The molecule has 1 aromatic carbocycles. The molecule has 0 amide bonds. The predicted octanol–water partition coefficient (Wildman–Crippen LogP) is 3.05. The van der Waals surface area contributed by atoms with Crippen molar-refractivity contribution in [1.82, 2.24) is 20.2 Å². The molecule has 1 fully saturated rings. The van der Waals surface area contributed by atoms with Gasteiger partial charge in [0.1, 0.15) is 0 Å². The first-order chi connectivity index (χ1) is 9.16. The van der Waals surface area contributed by atoms with Crippen molar-refractivity contribution in [3.05, 3.63) is 22.7 Å². The Morgan fingerprint density at radius 1 is 1.42 bits per heavy atom. The van der Waals surface area contributed by atoms with Gasteiger partial charge in [-0.25, -0.2) is 4.68 Å². The van der Waals surface area contributed by atoms with Crippen molar-refractivity contribution in [2.75, 3.05) is 5.73 Å². The highest BCUT2D eigenvalue weighted by Crippen LogP contribution is 2.37. The third kappa shape index (κ3) is 2.25. The molecule has 1 unspecified atom stereocenters. The molecule has 2 N–H and O–H groups in total. The molecule has 100 valence electrons. The van der Waals surface area contributed by atoms with Gasteiger partial charge < -0.3 is 5.73 Å². The number of aromatic nitrogens is 4. The van der Waals surface area contributed by atoms with E-state index in [1.54, 1.807) is 0 Å². The maximum absolute atomic E-state index is 5.93. The first kappa shape index (κ1) is 12.6. The molecule has 1 saturated carbocycles. The molecule has 0 radical (unpaired) electrons. The van der Waals surface area contributed by atoms with E-state index in [1.807, 2.05) is 22.9 Å². The highest BCUT2D eigenvalue weighted by atomic mass is 79.9. The second-order valence-electron chi connectivity index (χ2n) is 5.11. The van der Waals surface area contributed by atoms with E-state index >= 15 is 0 Å². The van der Waals surface area contributed by atoms with Crippen molar-refractivity contribution in [2.24, 2.45) is 5.92 Å². The number of nitrogens with two attached hydrogens (primary N) is 1. The van der Waals surface area contributed by atoms with Crippen molar-refractivity contribution in [3.8, 4) is 11.4 Å². The summed E-state index contributed by atoms with van der Waals surface area (Å²) in [4.78, 5) is 0. The Morgan fingerprint density at radius 3 is 2.84 bits per heavy atom. The molecule has 1 heterocycles. The van der Waals surface area contributed by atoms with Gasteiger partial charge in [-0.05, 0) is 70.2 Å². The fourth-order valence-electron chi connectivity index (χ4n) is 2.46. The highest BCUT2D eigenvalue weighted by Gasteiger charge is 2.28. The predicted molar refractivity (Wildman–Crippen MR) is 77.4 cm³/mol. The first-order valence-corrected chi connectivity index (χ1v) is 7.29. The number of hydrogen-bond acceptors (Lipinski definition) is 4. The van der Waals surface area contributed by atoms with E-state index < -0.39 is 0 Å². The Hall–Kier alpha value is -1.43. The largest absolute Gasteiger partial charge is 0.398 e. The molecule has 1 aromatic heterocycles. The summed E-state index contributed by atoms with van der Waals surface area (Å²) in [5.74, 6) is 1.48. The van der Waals surface area contributed by atoms with Crippen LogP contribution in [0.5, 0.6) is 0 Å². The Morgan fingerprint density at radius 2 is 2.21 bits per heavy atom. The Bertz CT molecular complexity index is 590. The number of nitrogens with zero attached hydrogens (tertiary/aromatic N) is 4. The molecule has 3 rings (SSSR count). The highest BCUT2D eigenvalue weighted by molar-refractivity contribution is 9.10. The normalized spacial score (nSPS) is 17.2. The average Bonchev–Trinajstić information content (AvgIpc) is 2.79. The molecular formula is C13H16BrN5. The monoisotopic (exact) mass is 321 g/mol. The Balaban J connectivity index is 1.96. The number of hydrogen-bond donors (Lipinski definition) is 1. The zero-order chi connectivity index (χ0) is 13.4. The fraction of sp³-hybridized carbons (Fsp3) is 0.462. The van der Waals surface area contributed by atoms with E-state index in [0.717, 1.165) is 15.9 Å². The standard InChI is InChI=1S/C13H16BrN5/c1-8(9-3-2-4-9)19-13(16-17-18-19)10-5-6-11(14)12(15)7-10/h5-9H,2-4,15H2,1H3. The van der Waals surface area contributed by atoms with Crippen LogP contribution in [0.1, 0.15) is 32.2 Å². The van der Waals surface area contributed by atoms with Crippen molar-refractivity contribution in [3.63, 3.8) is 0 Å². The van der Waals surface area contributed by atoms with Gasteiger partial charge >= 0.3 is 0 Å². The number of nitrogen functional groups attached to an aromatic ring is 1. The minimum absolute atomic E-state index is 0.337. The summed E-state index contributed by atoms with van der Waals surface area (Å²) >= 11 is 3.40. The summed E-state index contributed by atoms with van der Waals surface area (Å²) in [6.45, 7) is 2.19. The van der Waals surface area contributed by atoms with Gasteiger partial charge in [0.25, 0.3) is 0 Å². The summed E-state index contributed by atoms with van der Waals surface area (Å²) in [6, 6.07) is 6.15. The lowest BCUT2D eigenvalue weighted by Gasteiger charge is -2.31. The number of benzene rings is 1. The smallest absolute Gasteiger partial charge is 0.182 e. The average molecular weight is 322 g/mol. The van der Waals surface area contributed by atoms with Gasteiger partial charge in [0.2, 0.25) is 0 Å². The lowest BCUT2D eigenvalue weighted by atomic mass is 9.80. The number of anilines is 1. The van der Waals surface area contributed by atoms with Gasteiger partial charge in [-0.1, -0.05) is 6.42 Å². The van der Waals surface area contributed by atoms with E-state index in [0.29, 0.717) is 17.6 Å². The molecular weight excluding hydrogens is 306 g/mol. The summed E-state index contributed by atoms with van der Waals surface area (Å²) < 4.78 is 2.81. The molecule has 5 nitrogen and oxygen atoms in total. The van der Waals surface area contributed by atoms with Crippen LogP contribution in [-0.4, -0.2) is 20.2 Å². The zero-order valence-electron chi connectivity index (χ0n) is 10.8. The van der Waals surface area contributed by atoms with Crippen molar-refractivity contribution in [1.29, 1.82) is 0 Å². The fourth-order valence-corrected chi connectivity index (χ4v) is 2.71. The number of rotatable bonds is 3. The maximum Gasteiger partial charge on any atom is 0.182 e. The molecule has 0 spiro atoms. The molecule has 19 heavy (non-hydrogen) atoms. The molecule has 1 aliphatic rings. The summed E-state index contributed by atoms with van der Waals surface area (Å²) in [5.41, 5.74) is 7.58. The zero-order valence-corrected chi connectivity index (χ0v) is 12.3. The topological polar surface area (TPSA) is 69.6 Å². The second kappa shape index (κ2) is 4.92. The van der Waals surface area contributed by atoms with Crippen LogP contribution in [0.15, 0.2) is 22.7 Å². The molecule has 1 atom stereocenters. The van der Waals surface area contributed by atoms with E-state index in [9.17, 15) is 0 Å². The number of halogens is 1. The van der Waals surface area contributed by atoms with Gasteiger partial charge in [-0.3, -0.25) is 0 Å². The first-order valence-electron chi connectivity index (χ1n) is 6.50. The van der Waals surface area contributed by atoms with Crippen LogP contribution in [0.25, 0.3) is 11.4 Å². The minimum Gasteiger partial charge on any atom is -0.398 e. The van der Waals surface area contributed by atoms with Gasteiger partial charge in [-0.2, -0.15) is 0 Å². The Labute approximate surface area is 120 Å². The van der Waals surface area contributed by atoms with E-state index in [2.05, 4.69) is 38.4 Å². The lowest BCUT2D eigenvalue weighted by Crippen LogP contribution is -2.24. The Kier molecular flexibility index (Phi) is 3.26. The van der Waals surface area contributed by atoms with Crippen LogP contribution in [0.2, 0.25) is 0 Å².